The van der Waals surface area contributed by atoms with E-state index in [0.29, 0.717) is 52.9 Å². The molecule has 3 aromatic rings. The molecule has 0 aliphatic carbocycles. The molecule has 2 amide bonds. The predicted octanol–water partition coefficient (Wildman–Crippen LogP) is 1.12. The Hall–Kier alpha value is -4.98. The quantitative estimate of drug-likeness (QED) is 0.0950. The highest BCUT2D eigenvalue weighted by molar-refractivity contribution is 6.11. The Morgan fingerprint density at radius 3 is 1.25 bits per heavy atom. The zero-order valence-electron chi connectivity index (χ0n) is 29.6. The number of nitrogens with zero attached hydrogens (tertiary/aromatic N) is 2. The lowest BCUT2D eigenvalue weighted by Crippen LogP contribution is -2.23. The van der Waals surface area contributed by atoms with E-state index in [9.17, 15) is 29.4 Å². The molecule has 286 valence electrons. The number of methoxy groups -OCH3 is 2. The molecule has 18 nitrogen and oxygen atoms in total. The van der Waals surface area contributed by atoms with E-state index in [1.807, 2.05) is 0 Å². The molecule has 0 atom stereocenters. The number of carbonyl (C=O) groups excluding carboxylic acids is 2. The van der Waals surface area contributed by atoms with Crippen molar-refractivity contribution in [3.8, 4) is 23.0 Å². The molecule has 1 aromatic carbocycles. The molecule has 0 fully saturated rings. The number of aromatic hydroxyl groups is 2. The second-order valence-corrected chi connectivity index (χ2v) is 10.9. The molecule has 52 heavy (non-hydrogen) atoms. The van der Waals surface area contributed by atoms with Crippen molar-refractivity contribution in [1.82, 2.24) is 9.13 Å². The number of hydrogen-bond donors (Lipinski definition) is 4. The zero-order valence-corrected chi connectivity index (χ0v) is 29.6. The van der Waals surface area contributed by atoms with Crippen LogP contribution in [0.15, 0.2) is 46.2 Å². The van der Waals surface area contributed by atoms with Crippen molar-refractivity contribution in [3.05, 3.63) is 68.5 Å². The van der Waals surface area contributed by atoms with Gasteiger partial charge in [-0.05, 0) is 12.1 Å². The second-order valence-electron chi connectivity index (χ2n) is 10.9. The second kappa shape index (κ2) is 22.1. The molecule has 0 radical (unpaired) electrons. The molecule has 0 saturated carbocycles. The van der Waals surface area contributed by atoms with E-state index in [0.717, 1.165) is 9.13 Å². The molecular formula is C34H46N4O14. The van der Waals surface area contributed by atoms with E-state index >= 15 is 0 Å². The van der Waals surface area contributed by atoms with Crippen LogP contribution in [0.2, 0.25) is 0 Å². The van der Waals surface area contributed by atoms with Crippen LogP contribution < -0.4 is 31.2 Å². The molecule has 18 heteroatoms. The van der Waals surface area contributed by atoms with Crippen molar-refractivity contribution in [2.24, 2.45) is 14.1 Å². The number of amides is 2. The van der Waals surface area contributed by atoms with Gasteiger partial charge in [0.1, 0.15) is 13.2 Å². The lowest BCUT2D eigenvalue weighted by Gasteiger charge is -2.19. The number of ether oxygens (including phenoxy) is 8. The van der Waals surface area contributed by atoms with Gasteiger partial charge in [-0.2, -0.15) is 0 Å². The minimum Gasteiger partial charge on any atom is -0.502 e. The average molecular weight is 735 g/mol. The monoisotopic (exact) mass is 734 g/mol. The van der Waals surface area contributed by atoms with E-state index < -0.39 is 34.4 Å². The maximum atomic E-state index is 13.4. The number of benzene rings is 1. The highest BCUT2D eigenvalue weighted by Crippen LogP contribution is 2.38. The number of carbonyl (C=O) groups is 2. The Labute approximate surface area is 299 Å². The first-order chi connectivity index (χ1) is 25.1. The molecule has 0 aliphatic rings. The number of rotatable bonds is 24. The van der Waals surface area contributed by atoms with E-state index in [1.54, 1.807) is 14.2 Å². The summed E-state index contributed by atoms with van der Waals surface area (Å²) < 4.78 is 45.9. The first-order valence-electron chi connectivity index (χ1n) is 16.2. The van der Waals surface area contributed by atoms with Crippen LogP contribution in [0.25, 0.3) is 0 Å². The van der Waals surface area contributed by atoms with E-state index in [4.69, 9.17) is 37.9 Å². The summed E-state index contributed by atoms with van der Waals surface area (Å²) in [6.07, 6.45) is 2.61. The maximum absolute atomic E-state index is 13.4. The van der Waals surface area contributed by atoms with E-state index in [1.165, 1.54) is 50.8 Å². The summed E-state index contributed by atoms with van der Waals surface area (Å²) in [6.45, 7) is 3.44. The van der Waals surface area contributed by atoms with E-state index in [2.05, 4.69) is 10.6 Å². The molecule has 0 spiro atoms. The van der Waals surface area contributed by atoms with Crippen LogP contribution in [-0.2, 0) is 42.5 Å². The highest BCUT2D eigenvalue weighted by atomic mass is 16.6. The molecule has 0 saturated heterocycles. The van der Waals surface area contributed by atoms with Gasteiger partial charge in [0.05, 0.1) is 88.6 Å². The third-order valence-electron chi connectivity index (χ3n) is 7.13. The van der Waals surface area contributed by atoms with Crippen LogP contribution in [0, 0.1) is 0 Å². The summed E-state index contributed by atoms with van der Waals surface area (Å²) >= 11 is 0. The normalized spacial score (nSPS) is 11.0. The number of nitrogens with one attached hydrogen (secondary N) is 2. The Balaban J connectivity index is 1.89. The standard InChI is InChI=1S/C34H46N4O14/c1-37-7-5-23(29(39)33(37)43)31(41)35-25-21-27(51-19-17-49-15-13-47-11-9-45-3)28(52-20-18-50-16-14-48-12-10-46-4)22-26(25)36-32(42)24-6-8-38(2)34(44)30(24)40/h5-8,21-22,39-40H,9-20H2,1-4H3,(H,35,41)(H,36,42). The Kier molecular flexibility index (Phi) is 17.6. The van der Waals surface area contributed by atoms with Crippen molar-refractivity contribution < 1.29 is 57.7 Å². The van der Waals surface area contributed by atoms with Crippen molar-refractivity contribution in [3.63, 3.8) is 0 Å². The number of anilines is 2. The zero-order chi connectivity index (χ0) is 37.9. The highest BCUT2D eigenvalue weighted by Gasteiger charge is 2.22. The molecule has 2 heterocycles. The van der Waals surface area contributed by atoms with Crippen molar-refractivity contribution in [2.75, 3.05) is 104 Å². The minimum atomic E-state index is -0.889. The molecular weight excluding hydrogens is 688 g/mol. The largest absolute Gasteiger partial charge is 0.502 e. The number of aromatic nitrogens is 2. The molecule has 0 unspecified atom stereocenters. The van der Waals surface area contributed by atoms with E-state index in [-0.39, 0.29) is 60.4 Å². The molecule has 0 bridgehead atoms. The van der Waals surface area contributed by atoms with Crippen molar-refractivity contribution in [2.45, 2.75) is 0 Å². The van der Waals surface area contributed by atoms with Gasteiger partial charge in [0.15, 0.2) is 23.0 Å². The molecule has 3 rings (SSSR count). The third-order valence-corrected chi connectivity index (χ3v) is 7.13. The minimum absolute atomic E-state index is 0.0407. The first-order valence-corrected chi connectivity index (χ1v) is 16.2. The summed E-state index contributed by atoms with van der Waals surface area (Å²) in [5.74, 6) is -3.11. The average Bonchev–Trinajstić information content (AvgIpc) is 3.12. The maximum Gasteiger partial charge on any atom is 0.293 e. The van der Waals surface area contributed by atoms with Crippen LogP contribution in [0.1, 0.15) is 20.7 Å². The molecule has 2 aromatic heterocycles. The van der Waals surface area contributed by atoms with Crippen molar-refractivity contribution in [1.29, 1.82) is 0 Å². The van der Waals surface area contributed by atoms with Crippen LogP contribution in [0.5, 0.6) is 23.0 Å². The fraction of sp³-hybridized carbons (Fsp3) is 0.471. The fourth-order valence-corrected chi connectivity index (χ4v) is 4.32. The smallest absolute Gasteiger partial charge is 0.293 e. The number of aryl methyl sites for hydroxylation is 2. The summed E-state index contributed by atoms with van der Waals surface area (Å²) in [5.41, 5.74) is -2.36. The SMILES string of the molecule is COCCOCCOCCOc1cc(NC(=O)c2ccn(C)c(=O)c2O)c(NC(=O)c2ccn(C)c(=O)c2O)cc1OCCOCCOCCOC. The fourth-order valence-electron chi connectivity index (χ4n) is 4.32. The Morgan fingerprint density at radius 1 is 0.577 bits per heavy atom. The molecule has 0 aliphatic heterocycles. The van der Waals surface area contributed by atoms with Gasteiger partial charge >= 0.3 is 0 Å². The first kappa shape index (κ1) is 41.4. The summed E-state index contributed by atoms with van der Waals surface area (Å²) in [7, 11) is 5.97. The van der Waals surface area contributed by atoms with Gasteiger partial charge in [0, 0.05) is 52.8 Å². The lowest BCUT2D eigenvalue weighted by atomic mass is 10.1. The van der Waals surface area contributed by atoms with Crippen LogP contribution >= 0.6 is 0 Å². The van der Waals surface area contributed by atoms with Gasteiger partial charge in [-0.1, -0.05) is 0 Å². The summed E-state index contributed by atoms with van der Waals surface area (Å²) in [5, 5.41) is 26.0. The van der Waals surface area contributed by atoms with Crippen LogP contribution in [0.4, 0.5) is 11.4 Å². The van der Waals surface area contributed by atoms with Crippen LogP contribution in [-0.4, -0.2) is 125 Å². The van der Waals surface area contributed by atoms with Gasteiger partial charge in [0.25, 0.3) is 22.9 Å². The van der Waals surface area contributed by atoms with Gasteiger partial charge in [-0.25, -0.2) is 0 Å². The van der Waals surface area contributed by atoms with Gasteiger partial charge in [-0.15, -0.1) is 0 Å². The predicted molar refractivity (Wildman–Crippen MR) is 187 cm³/mol. The topological polar surface area (TPSA) is 216 Å². The number of hydrogen-bond acceptors (Lipinski definition) is 14. The summed E-state index contributed by atoms with van der Waals surface area (Å²) in [6, 6.07) is 5.22. The molecule has 4 N–H and O–H groups in total. The van der Waals surface area contributed by atoms with Gasteiger partial charge in [-0.3, -0.25) is 19.2 Å². The van der Waals surface area contributed by atoms with Gasteiger partial charge < -0.3 is 67.9 Å². The Morgan fingerprint density at radius 2 is 0.904 bits per heavy atom. The third kappa shape index (κ3) is 12.7. The van der Waals surface area contributed by atoms with Crippen molar-refractivity contribution >= 4 is 23.2 Å². The van der Waals surface area contributed by atoms with Gasteiger partial charge in [0.2, 0.25) is 0 Å². The number of pyridine rings is 2. The Bertz CT molecular complexity index is 1600. The summed E-state index contributed by atoms with van der Waals surface area (Å²) in [4.78, 5) is 51.4. The lowest BCUT2D eigenvalue weighted by molar-refractivity contribution is 0.0160. The van der Waals surface area contributed by atoms with Crippen LogP contribution in [0.3, 0.4) is 0 Å².